The van der Waals surface area contributed by atoms with Gasteiger partial charge in [-0.1, -0.05) is 18.2 Å². The Bertz CT molecular complexity index is 1680. The molecule has 232 valence electrons. The zero-order valence-electron chi connectivity index (χ0n) is 24.1. The largest absolute Gasteiger partial charge is 0.417 e. The van der Waals surface area contributed by atoms with Crippen LogP contribution in [0.1, 0.15) is 50.2 Å². The molecule has 0 aliphatic carbocycles. The van der Waals surface area contributed by atoms with Gasteiger partial charge in [0.25, 0.3) is 11.8 Å². The molecule has 1 aromatic carbocycles. The van der Waals surface area contributed by atoms with Crippen LogP contribution in [0.3, 0.4) is 0 Å². The van der Waals surface area contributed by atoms with Crippen molar-refractivity contribution in [2.45, 2.75) is 31.2 Å². The zero-order chi connectivity index (χ0) is 31.8. The number of nitrogens with zero attached hydrogens (tertiary/aromatic N) is 4. The number of fused-ring (bicyclic) bond motifs is 1. The van der Waals surface area contributed by atoms with Crippen molar-refractivity contribution in [3.05, 3.63) is 70.4 Å². The molecule has 0 spiro atoms. The third-order valence-corrected chi connectivity index (χ3v) is 8.72. The predicted molar refractivity (Wildman–Crippen MR) is 163 cm³/mol. The van der Waals surface area contributed by atoms with Gasteiger partial charge in [0.05, 0.1) is 16.9 Å². The highest BCUT2D eigenvalue weighted by Gasteiger charge is 2.37. The number of amides is 2. The number of carbonyl (C=O) groups is 2. The third kappa shape index (κ3) is 6.47. The van der Waals surface area contributed by atoms with E-state index in [0.29, 0.717) is 37.2 Å². The van der Waals surface area contributed by atoms with E-state index in [1.807, 2.05) is 18.2 Å². The summed E-state index contributed by atoms with van der Waals surface area (Å²) in [6.07, 6.45) is -2.69. The van der Waals surface area contributed by atoms with Crippen LogP contribution in [0.15, 0.2) is 48.7 Å². The lowest BCUT2D eigenvalue weighted by Crippen LogP contribution is -2.44. The molecule has 1 unspecified atom stereocenters. The lowest BCUT2D eigenvalue weighted by molar-refractivity contribution is -0.136. The number of aliphatic hydroxyl groups is 1. The molecule has 0 radical (unpaired) electrons. The Labute approximate surface area is 255 Å². The number of benzene rings is 1. The quantitative estimate of drug-likeness (QED) is 0.229. The maximum absolute atomic E-state index is 13.9. The number of thiophene rings is 1. The molecule has 10 nitrogen and oxygen atoms in total. The Morgan fingerprint density at radius 3 is 2.50 bits per heavy atom. The fourth-order valence-corrected chi connectivity index (χ4v) is 6.20. The minimum Gasteiger partial charge on any atom is -0.397 e. The number of pyridine rings is 2. The zero-order valence-corrected chi connectivity index (χ0v) is 24.9. The highest BCUT2D eigenvalue weighted by atomic mass is 32.1. The van der Waals surface area contributed by atoms with Crippen LogP contribution in [0.5, 0.6) is 0 Å². The van der Waals surface area contributed by atoms with Gasteiger partial charge in [0.2, 0.25) is 0 Å². The first-order valence-electron chi connectivity index (χ1n) is 13.9. The molecule has 4 heterocycles. The topological polar surface area (TPSA) is 151 Å². The Morgan fingerprint density at radius 2 is 1.89 bits per heavy atom. The van der Waals surface area contributed by atoms with Gasteiger partial charge in [0, 0.05) is 62.5 Å². The second-order valence-corrected chi connectivity index (χ2v) is 11.9. The number of nitrogen functional groups attached to an aromatic ring is 1. The van der Waals surface area contributed by atoms with Crippen molar-refractivity contribution >= 4 is 44.9 Å². The molecule has 1 fully saturated rings. The summed E-state index contributed by atoms with van der Waals surface area (Å²) in [6, 6.07) is 11.8. The fraction of sp³-hybridized carbons (Fsp3) is 0.333. The number of piperidine rings is 1. The second kappa shape index (κ2) is 12.4. The number of alkyl halides is 3. The molecule has 0 bridgehead atoms. The summed E-state index contributed by atoms with van der Waals surface area (Å²) in [5.41, 5.74) is 12.6. The van der Waals surface area contributed by atoms with Gasteiger partial charge in [0.1, 0.15) is 21.6 Å². The van der Waals surface area contributed by atoms with Crippen LogP contribution in [0.2, 0.25) is 0 Å². The molecule has 3 aromatic heterocycles. The number of carbonyl (C=O) groups excluding carboxylic acids is 2. The van der Waals surface area contributed by atoms with Gasteiger partial charge in [0.15, 0.2) is 0 Å². The average molecular weight is 628 g/mol. The number of hydrogen-bond acceptors (Lipinski definition) is 9. The number of hydrogen-bond donors (Lipinski definition) is 4. The molecule has 14 heteroatoms. The lowest BCUT2D eigenvalue weighted by atomic mass is 10.0. The van der Waals surface area contributed by atoms with E-state index in [0.717, 1.165) is 28.5 Å². The van der Waals surface area contributed by atoms with E-state index in [1.54, 1.807) is 43.4 Å². The maximum Gasteiger partial charge on any atom is 0.417 e. The number of nitrogens with one attached hydrogen (secondary N) is 1. The Morgan fingerprint density at radius 1 is 1.16 bits per heavy atom. The minimum atomic E-state index is -4.70. The van der Waals surface area contributed by atoms with E-state index in [1.165, 1.54) is 4.90 Å². The van der Waals surface area contributed by atoms with E-state index in [4.69, 9.17) is 11.5 Å². The molecule has 44 heavy (non-hydrogen) atoms. The molecule has 2 amide bonds. The van der Waals surface area contributed by atoms with Crippen LogP contribution in [-0.4, -0.2) is 71.6 Å². The van der Waals surface area contributed by atoms with Crippen LogP contribution in [-0.2, 0) is 6.18 Å². The molecular weight excluding hydrogens is 595 g/mol. The number of anilines is 2. The molecular formula is C30H32F3N7O3S. The molecule has 1 aliphatic heterocycles. The molecule has 1 saturated heterocycles. The van der Waals surface area contributed by atoms with Crippen molar-refractivity contribution in [1.29, 1.82) is 0 Å². The summed E-state index contributed by atoms with van der Waals surface area (Å²) in [7, 11) is 3.39. The van der Waals surface area contributed by atoms with Gasteiger partial charge >= 0.3 is 6.18 Å². The van der Waals surface area contributed by atoms with E-state index >= 15 is 0 Å². The van der Waals surface area contributed by atoms with Gasteiger partial charge < -0.3 is 31.7 Å². The first-order valence-corrected chi connectivity index (χ1v) is 14.7. The van der Waals surface area contributed by atoms with Crippen molar-refractivity contribution < 1.29 is 27.9 Å². The van der Waals surface area contributed by atoms with Crippen molar-refractivity contribution in [1.82, 2.24) is 20.2 Å². The first-order chi connectivity index (χ1) is 20.8. The summed E-state index contributed by atoms with van der Waals surface area (Å²) >= 11 is 0.754. The smallest absolute Gasteiger partial charge is 0.397 e. The number of aliphatic hydroxyl groups excluding tert-OH is 1. The van der Waals surface area contributed by atoms with Crippen molar-refractivity contribution in [3.63, 3.8) is 0 Å². The maximum atomic E-state index is 13.9. The molecule has 5 rings (SSSR count). The van der Waals surface area contributed by atoms with Gasteiger partial charge in [-0.15, -0.1) is 11.3 Å². The minimum absolute atomic E-state index is 0.0118. The van der Waals surface area contributed by atoms with Crippen molar-refractivity contribution in [2.75, 3.05) is 44.4 Å². The van der Waals surface area contributed by atoms with E-state index in [-0.39, 0.29) is 45.1 Å². The molecule has 0 saturated carbocycles. The van der Waals surface area contributed by atoms with Crippen LogP contribution in [0.4, 0.5) is 24.7 Å². The van der Waals surface area contributed by atoms with Crippen LogP contribution in [0, 0.1) is 0 Å². The van der Waals surface area contributed by atoms with E-state index in [2.05, 4.69) is 15.3 Å². The highest BCUT2D eigenvalue weighted by molar-refractivity contribution is 7.21. The number of halogens is 3. The van der Waals surface area contributed by atoms with Crippen LogP contribution >= 0.6 is 11.3 Å². The first kappa shape index (κ1) is 31.2. The molecule has 4 aromatic rings. The van der Waals surface area contributed by atoms with E-state index < -0.39 is 23.8 Å². The average Bonchev–Trinajstić information content (AvgIpc) is 3.35. The molecule has 6 N–H and O–H groups in total. The highest BCUT2D eigenvalue weighted by Crippen LogP contribution is 2.43. The van der Waals surface area contributed by atoms with E-state index in [9.17, 15) is 27.9 Å². The fourth-order valence-electron chi connectivity index (χ4n) is 5.24. The molecule has 1 atom stereocenters. The Hall–Kier alpha value is -4.27. The third-order valence-electron chi connectivity index (χ3n) is 7.61. The van der Waals surface area contributed by atoms with Gasteiger partial charge in [-0.25, -0.2) is 4.98 Å². The number of rotatable bonds is 8. The summed E-state index contributed by atoms with van der Waals surface area (Å²) in [5.74, 6) is -0.844. The SMILES string of the molecule is CN(C)C(=O)c1cccc(-c2ccc(C(O)CNC3CCN(c4cc(C(F)(F)F)c5c(N)c(C(N)=O)sc5n4)CC3)nc2)c1. The summed E-state index contributed by atoms with van der Waals surface area (Å²) < 4.78 is 41.8. The lowest BCUT2D eigenvalue weighted by Gasteiger charge is -2.34. The predicted octanol–water partition coefficient (Wildman–Crippen LogP) is 4.05. The van der Waals surface area contributed by atoms with Gasteiger partial charge in [-0.3, -0.25) is 14.6 Å². The van der Waals surface area contributed by atoms with Crippen molar-refractivity contribution in [2.24, 2.45) is 5.73 Å². The standard InChI is InChI=1S/C30H32F3N7O3S/c1-39(2)29(43)17-5-3-4-16(12-17)18-6-7-21(37-14-18)22(41)15-36-19-8-10-40(11-9-19)23-13-20(30(31,32)33)24-25(34)26(27(35)42)44-28(24)38-23/h3-7,12-14,19,22,36,41H,8-11,15,34H2,1-2H3,(H2,35,42). The van der Waals surface area contributed by atoms with Crippen LogP contribution in [0.25, 0.3) is 21.3 Å². The van der Waals surface area contributed by atoms with Gasteiger partial charge in [-0.05, 0) is 42.7 Å². The van der Waals surface area contributed by atoms with Crippen molar-refractivity contribution in [3.8, 4) is 11.1 Å². The normalized spacial score (nSPS) is 15.0. The Balaban J connectivity index is 1.20. The summed E-state index contributed by atoms with van der Waals surface area (Å²) in [4.78, 5) is 36.0. The Kier molecular flexibility index (Phi) is 8.77. The summed E-state index contributed by atoms with van der Waals surface area (Å²) in [5, 5.41) is 13.8. The number of aromatic nitrogens is 2. The van der Waals surface area contributed by atoms with Crippen LogP contribution < -0.4 is 21.7 Å². The van der Waals surface area contributed by atoms with Gasteiger partial charge in [-0.2, -0.15) is 13.2 Å². The second-order valence-electron chi connectivity index (χ2n) is 10.9. The number of primary amides is 1. The summed E-state index contributed by atoms with van der Waals surface area (Å²) in [6.45, 7) is 1.13. The molecule has 1 aliphatic rings. The monoisotopic (exact) mass is 627 g/mol. The number of nitrogens with two attached hydrogens (primary N) is 2.